The van der Waals surface area contributed by atoms with Crippen molar-refractivity contribution < 1.29 is 24.7 Å². The SMILES string of the molecule is CCCC[n+]1[c-]n(-c2[c-]c3c(cc2)c2cccc4c5ccccc5n3c24)c2ccccc21.[Ir+3].[c-]1ccccc1-c1ccccn1. The van der Waals surface area contributed by atoms with Crippen molar-refractivity contribution in [3.05, 3.63) is 146 Å². The summed E-state index contributed by atoms with van der Waals surface area (Å²) in [7, 11) is 0. The number of hydrogen-bond acceptors (Lipinski definition) is 1. The van der Waals surface area contributed by atoms with Gasteiger partial charge in [-0.25, -0.2) is 0 Å². The molecule has 9 aromatic rings. The Labute approximate surface area is 275 Å². The molecule has 4 aromatic heterocycles. The van der Waals surface area contributed by atoms with Gasteiger partial charge in [-0.05, 0) is 29.6 Å². The molecule has 0 N–H and O–H groups in total. The molecular formula is C40H30IrN4+. The van der Waals surface area contributed by atoms with E-state index < -0.39 is 0 Å². The van der Waals surface area contributed by atoms with Crippen molar-refractivity contribution in [3.63, 3.8) is 0 Å². The van der Waals surface area contributed by atoms with Gasteiger partial charge in [0.05, 0.1) is 23.1 Å². The summed E-state index contributed by atoms with van der Waals surface area (Å²) in [6, 6.07) is 48.9. The minimum atomic E-state index is 0. The van der Waals surface area contributed by atoms with E-state index in [0.29, 0.717) is 0 Å². The summed E-state index contributed by atoms with van der Waals surface area (Å²) >= 11 is 0. The minimum absolute atomic E-state index is 0. The number of unbranched alkanes of at least 4 members (excludes halogenated alkanes) is 1. The third-order valence-corrected chi connectivity index (χ3v) is 8.38. The zero-order chi connectivity index (χ0) is 29.5. The molecule has 45 heavy (non-hydrogen) atoms. The Kier molecular flexibility index (Phi) is 7.89. The van der Waals surface area contributed by atoms with Gasteiger partial charge < -0.3 is 18.5 Å². The summed E-state index contributed by atoms with van der Waals surface area (Å²) in [5.74, 6) is 0. The molecule has 0 saturated carbocycles. The summed E-state index contributed by atoms with van der Waals surface area (Å²) in [5, 5.41) is 5.13. The number of aromatic nitrogens is 4. The van der Waals surface area contributed by atoms with Crippen molar-refractivity contribution in [2.24, 2.45) is 0 Å². The zero-order valence-corrected chi connectivity index (χ0v) is 27.3. The first-order valence-electron chi connectivity index (χ1n) is 15.2. The van der Waals surface area contributed by atoms with E-state index >= 15 is 0 Å². The molecule has 0 aliphatic rings. The number of fused-ring (bicyclic) bond motifs is 7. The first kappa shape index (κ1) is 28.9. The maximum atomic E-state index is 4.22. The molecule has 218 valence electrons. The monoisotopic (exact) mass is 759 g/mol. The van der Waals surface area contributed by atoms with Crippen LogP contribution in [0.2, 0.25) is 0 Å². The largest absolute Gasteiger partial charge is 3.00 e. The van der Waals surface area contributed by atoms with Gasteiger partial charge in [0.2, 0.25) is 6.33 Å². The van der Waals surface area contributed by atoms with Gasteiger partial charge in [0.25, 0.3) is 0 Å². The first-order chi connectivity index (χ1) is 21.8. The number of nitrogens with zero attached hydrogens (tertiary/aromatic N) is 4. The van der Waals surface area contributed by atoms with Crippen molar-refractivity contribution in [2.75, 3.05) is 0 Å². The predicted octanol–water partition coefficient (Wildman–Crippen LogP) is 9.01. The number of benzene rings is 5. The van der Waals surface area contributed by atoms with Crippen LogP contribution >= 0.6 is 0 Å². The fourth-order valence-corrected chi connectivity index (χ4v) is 6.32. The Morgan fingerprint density at radius 2 is 1.47 bits per heavy atom. The molecule has 0 aliphatic heterocycles. The van der Waals surface area contributed by atoms with Gasteiger partial charge in [-0.1, -0.05) is 97.3 Å². The number of imidazole rings is 1. The Morgan fingerprint density at radius 3 is 2.27 bits per heavy atom. The molecule has 0 spiro atoms. The number of pyridine rings is 1. The van der Waals surface area contributed by atoms with E-state index in [1.165, 1.54) is 44.5 Å². The average molecular weight is 759 g/mol. The summed E-state index contributed by atoms with van der Waals surface area (Å²) in [4.78, 5) is 4.22. The fourth-order valence-electron chi connectivity index (χ4n) is 6.32. The molecule has 0 bridgehead atoms. The third-order valence-electron chi connectivity index (χ3n) is 8.38. The Hall–Kier alpha value is -4.83. The predicted molar refractivity (Wildman–Crippen MR) is 179 cm³/mol. The van der Waals surface area contributed by atoms with Crippen molar-refractivity contribution in [2.45, 2.75) is 26.3 Å². The van der Waals surface area contributed by atoms with Crippen LogP contribution in [0.25, 0.3) is 66.1 Å². The number of aryl methyl sites for hydroxylation is 1. The normalized spacial score (nSPS) is 11.3. The van der Waals surface area contributed by atoms with Crippen LogP contribution < -0.4 is 4.57 Å². The molecule has 0 atom stereocenters. The Balaban J connectivity index is 0.000000211. The van der Waals surface area contributed by atoms with E-state index in [1.54, 1.807) is 6.20 Å². The van der Waals surface area contributed by atoms with E-state index in [0.717, 1.165) is 40.9 Å². The van der Waals surface area contributed by atoms with Crippen LogP contribution in [-0.2, 0) is 26.7 Å². The molecule has 0 amide bonds. The fraction of sp³-hybridized carbons (Fsp3) is 0.100. The van der Waals surface area contributed by atoms with E-state index in [-0.39, 0.29) is 20.1 Å². The van der Waals surface area contributed by atoms with Gasteiger partial charge in [-0.3, -0.25) is 0 Å². The molecule has 4 nitrogen and oxygen atoms in total. The van der Waals surface area contributed by atoms with Crippen molar-refractivity contribution in [1.29, 1.82) is 0 Å². The molecule has 0 aliphatic carbocycles. The molecular weight excluding hydrogens is 729 g/mol. The standard InChI is InChI=1S/C29H22N3.C11H8N.Ir/c1-2-3-17-30-19-31(27-14-7-6-13-26(27)30)20-15-16-22-24-11-8-10-23-21-9-4-5-12-25(21)32(29(23)24)28(22)18-20;1-2-6-10(7-3-1)11-8-4-5-9-12-11;/h4-16H,2-3,17H2,1H3;1-6,8-9H;/q2*-1;+3. The average Bonchev–Trinajstić information content (AvgIpc) is 3.75. The molecule has 9 rings (SSSR count). The number of hydrogen-bond donors (Lipinski definition) is 0. The van der Waals surface area contributed by atoms with Crippen molar-refractivity contribution in [1.82, 2.24) is 14.0 Å². The molecule has 0 saturated heterocycles. The number of rotatable bonds is 5. The van der Waals surface area contributed by atoms with Gasteiger partial charge in [-0.15, -0.1) is 41.3 Å². The number of para-hydroxylation sites is 4. The summed E-state index contributed by atoms with van der Waals surface area (Å²) in [6.07, 6.45) is 7.70. The Bertz CT molecular complexity index is 2330. The van der Waals surface area contributed by atoms with E-state index in [9.17, 15) is 0 Å². The quantitative estimate of drug-likeness (QED) is 0.127. The van der Waals surface area contributed by atoms with Crippen LogP contribution in [0.4, 0.5) is 0 Å². The maximum Gasteiger partial charge on any atom is 3.00 e. The summed E-state index contributed by atoms with van der Waals surface area (Å²) in [6.45, 7) is 3.21. The first-order valence-corrected chi connectivity index (χ1v) is 15.2. The second-order valence-electron chi connectivity index (χ2n) is 11.1. The van der Waals surface area contributed by atoms with E-state index in [4.69, 9.17) is 0 Å². The topological polar surface area (TPSA) is 26.1 Å². The molecule has 5 heteroatoms. The van der Waals surface area contributed by atoms with Gasteiger partial charge in [0, 0.05) is 22.5 Å². The minimum Gasteiger partial charge on any atom is -0.342 e. The molecule has 0 radical (unpaired) electrons. The van der Waals surface area contributed by atoms with Gasteiger partial charge in [0.1, 0.15) is 0 Å². The van der Waals surface area contributed by atoms with Crippen LogP contribution in [0, 0.1) is 18.5 Å². The molecule has 5 aromatic carbocycles. The van der Waals surface area contributed by atoms with Crippen LogP contribution in [0.3, 0.4) is 0 Å². The van der Waals surface area contributed by atoms with Crippen LogP contribution in [-0.4, -0.2) is 14.0 Å². The second kappa shape index (κ2) is 12.3. The van der Waals surface area contributed by atoms with Crippen LogP contribution in [0.5, 0.6) is 0 Å². The van der Waals surface area contributed by atoms with Gasteiger partial charge in [-0.2, -0.15) is 18.2 Å². The van der Waals surface area contributed by atoms with E-state index in [2.05, 4.69) is 123 Å². The third kappa shape index (κ3) is 4.99. The molecule has 0 unspecified atom stereocenters. The van der Waals surface area contributed by atoms with Gasteiger partial charge in [0.15, 0.2) is 0 Å². The summed E-state index contributed by atoms with van der Waals surface area (Å²) < 4.78 is 6.80. The van der Waals surface area contributed by atoms with Crippen LogP contribution in [0.1, 0.15) is 19.8 Å². The van der Waals surface area contributed by atoms with Gasteiger partial charge >= 0.3 is 20.1 Å². The second-order valence-corrected chi connectivity index (χ2v) is 11.1. The maximum absolute atomic E-state index is 4.22. The molecule has 0 fully saturated rings. The smallest absolute Gasteiger partial charge is 0.342 e. The van der Waals surface area contributed by atoms with Crippen molar-refractivity contribution in [3.8, 4) is 16.9 Å². The van der Waals surface area contributed by atoms with Crippen LogP contribution in [0.15, 0.2) is 128 Å². The van der Waals surface area contributed by atoms with E-state index in [1.807, 2.05) is 42.5 Å². The molecule has 4 heterocycles. The summed E-state index contributed by atoms with van der Waals surface area (Å²) in [5.41, 5.74) is 9.06. The van der Waals surface area contributed by atoms with Crippen molar-refractivity contribution >= 4 is 49.1 Å². The zero-order valence-electron chi connectivity index (χ0n) is 24.9. The Morgan fingerprint density at radius 1 is 0.711 bits per heavy atom.